The van der Waals surface area contributed by atoms with Gasteiger partial charge in [-0.2, -0.15) is 0 Å². The molecule has 1 aromatic carbocycles. The molecule has 1 N–H and O–H groups in total. The largest absolute Gasteiger partial charge is 0.486 e. The highest BCUT2D eigenvalue weighted by Crippen LogP contribution is 2.16. The number of hydrogen-bond acceptors (Lipinski definition) is 5. The molecule has 0 fully saturated rings. The maximum absolute atomic E-state index is 5.78. The van der Waals surface area contributed by atoms with Crippen molar-refractivity contribution in [1.82, 2.24) is 19.9 Å². The molecule has 0 spiro atoms. The normalized spacial score (nSPS) is 12.2. The van der Waals surface area contributed by atoms with Crippen molar-refractivity contribution in [1.29, 1.82) is 0 Å². The molecule has 1 atom stereocenters. The third-order valence-electron chi connectivity index (χ3n) is 3.86. The second-order valence-electron chi connectivity index (χ2n) is 6.33. The van der Waals surface area contributed by atoms with Crippen molar-refractivity contribution in [3.63, 3.8) is 0 Å². The number of aryl methyl sites for hydroxylation is 1. The first-order valence-corrected chi connectivity index (χ1v) is 9.36. The van der Waals surface area contributed by atoms with Crippen LogP contribution >= 0.6 is 11.3 Å². The highest BCUT2D eigenvalue weighted by atomic mass is 32.1. The van der Waals surface area contributed by atoms with Crippen LogP contribution in [0.25, 0.3) is 0 Å². The molecule has 0 amide bonds. The number of aromatic nitrogens is 3. The van der Waals surface area contributed by atoms with Gasteiger partial charge in [-0.1, -0.05) is 24.6 Å². The minimum Gasteiger partial charge on any atom is -0.486 e. The molecule has 6 heteroatoms. The van der Waals surface area contributed by atoms with Crippen molar-refractivity contribution in [2.45, 2.75) is 33.5 Å². The van der Waals surface area contributed by atoms with Gasteiger partial charge in [-0.25, -0.2) is 9.97 Å². The predicted molar refractivity (Wildman–Crippen MR) is 101 cm³/mol. The van der Waals surface area contributed by atoms with E-state index in [9.17, 15) is 0 Å². The quantitative estimate of drug-likeness (QED) is 0.636. The van der Waals surface area contributed by atoms with Gasteiger partial charge in [0.2, 0.25) is 0 Å². The van der Waals surface area contributed by atoms with E-state index in [1.165, 1.54) is 5.56 Å². The average Bonchev–Trinajstić information content (AvgIpc) is 3.26. The van der Waals surface area contributed by atoms with Gasteiger partial charge in [0.1, 0.15) is 17.4 Å². The summed E-state index contributed by atoms with van der Waals surface area (Å²) in [4.78, 5) is 8.70. The van der Waals surface area contributed by atoms with Crippen molar-refractivity contribution in [3.05, 3.63) is 64.6 Å². The van der Waals surface area contributed by atoms with Crippen LogP contribution in [0.4, 0.5) is 0 Å². The van der Waals surface area contributed by atoms with E-state index in [1.807, 2.05) is 30.9 Å². The third-order valence-corrected chi connectivity index (χ3v) is 4.73. The van der Waals surface area contributed by atoms with Crippen LogP contribution in [0.5, 0.6) is 5.75 Å². The Labute approximate surface area is 152 Å². The SMILES string of the molecule is Cc1ccc(OCc2nc(CNC[C@@H](C)Cn3ccnc3)cs2)cc1. The molecule has 132 valence electrons. The Hall–Kier alpha value is -2.18. The molecule has 2 heterocycles. The second-order valence-corrected chi connectivity index (χ2v) is 7.27. The molecular weight excluding hydrogens is 332 g/mol. The molecule has 0 bridgehead atoms. The van der Waals surface area contributed by atoms with Crippen molar-refractivity contribution in [2.75, 3.05) is 6.54 Å². The van der Waals surface area contributed by atoms with Crippen LogP contribution in [-0.2, 0) is 19.7 Å². The summed E-state index contributed by atoms with van der Waals surface area (Å²) in [6, 6.07) is 8.09. The van der Waals surface area contributed by atoms with Gasteiger partial charge in [-0.3, -0.25) is 0 Å². The number of nitrogens with zero attached hydrogens (tertiary/aromatic N) is 3. The van der Waals surface area contributed by atoms with E-state index < -0.39 is 0 Å². The summed E-state index contributed by atoms with van der Waals surface area (Å²) in [7, 11) is 0. The first kappa shape index (κ1) is 17.6. The maximum atomic E-state index is 5.78. The zero-order chi connectivity index (χ0) is 17.5. The minimum absolute atomic E-state index is 0.519. The highest BCUT2D eigenvalue weighted by Gasteiger charge is 2.06. The number of imidazole rings is 1. The lowest BCUT2D eigenvalue weighted by Crippen LogP contribution is -2.23. The molecule has 25 heavy (non-hydrogen) atoms. The number of benzene rings is 1. The van der Waals surface area contributed by atoms with Crippen molar-refractivity contribution in [3.8, 4) is 5.75 Å². The highest BCUT2D eigenvalue weighted by molar-refractivity contribution is 7.09. The van der Waals surface area contributed by atoms with Crippen LogP contribution in [-0.4, -0.2) is 21.1 Å². The van der Waals surface area contributed by atoms with E-state index >= 15 is 0 Å². The van der Waals surface area contributed by atoms with Crippen molar-refractivity contribution >= 4 is 11.3 Å². The zero-order valence-corrected chi connectivity index (χ0v) is 15.5. The van der Waals surface area contributed by atoms with E-state index in [0.29, 0.717) is 12.5 Å². The molecule has 3 rings (SSSR count). The summed E-state index contributed by atoms with van der Waals surface area (Å²) >= 11 is 1.65. The van der Waals surface area contributed by atoms with Gasteiger partial charge in [0, 0.05) is 30.9 Å². The van der Waals surface area contributed by atoms with Crippen LogP contribution in [0.2, 0.25) is 0 Å². The second kappa shape index (κ2) is 8.78. The predicted octanol–water partition coefficient (Wildman–Crippen LogP) is 3.65. The molecule has 0 radical (unpaired) electrons. The Kier molecular flexibility index (Phi) is 6.19. The molecule has 0 aliphatic rings. The monoisotopic (exact) mass is 356 g/mol. The number of hydrogen-bond donors (Lipinski definition) is 1. The van der Waals surface area contributed by atoms with Crippen LogP contribution in [0.15, 0.2) is 48.4 Å². The van der Waals surface area contributed by atoms with E-state index in [2.05, 4.69) is 51.2 Å². The number of ether oxygens (including phenoxy) is 1. The Morgan fingerprint density at radius 1 is 1.28 bits per heavy atom. The lowest BCUT2D eigenvalue weighted by atomic mass is 10.2. The van der Waals surface area contributed by atoms with E-state index in [1.54, 1.807) is 11.3 Å². The molecular formula is C19H24N4OS. The summed E-state index contributed by atoms with van der Waals surface area (Å²) in [5.41, 5.74) is 2.31. The van der Waals surface area contributed by atoms with E-state index in [0.717, 1.165) is 36.1 Å². The fourth-order valence-corrected chi connectivity index (χ4v) is 3.25. The summed E-state index contributed by atoms with van der Waals surface area (Å²) < 4.78 is 7.89. The smallest absolute Gasteiger partial charge is 0.140 e. The van der Waals surface area contributed by atoms with E-state index in [4.69, 9.17) is 4.74 Å². The summed E-state index contributed by atoms with van der Waals surface area (Å²) in [6.45, 7) is 7.53. The van der Waals surface area contributed by atoms with Crippen molar-refractivity contribution < 1.29 is 4.74 Å². The maximum Gasteiger partial charge on any atom is 0.140 e. The number of nitrogens with one attached hydrogen (secondary N) is 1. The van der Waals surface area contributed by atoms with Crippen LogP contribution in [0, 0.1) is 12.8 Å². The molecule has 0 aliphatic carbocycles. The Morgan fingerprint density at radius 3 is 2.88 bits per heavy atom. The number of rotatable bonds is 9. The molecule has 0 unspecified atom stereocenters. The number of thiazole rings is 1. The molecule has 0 aliphatic heterocycles. The van der Waals surface area contributed by atoms with Crippen LogP contribution in [0.1, 0.15) is 23.2 Å². The summed E-state index contributed by atoms with van der Waals surface area (Å²) in [6.07, 6.45) is 5.67. The first-order valence-electron chi connectivity index (χ1n) is 8.48. The Balaban J connectivity index is 1.38. The third kappa shape index (κ3) is 5.69. The fraction of sp³-hybridized carbons (Fsp3) is 0.368. The average molecular weight is 356 g/mol. The van der Waals surface area contributed by atoms with Crippen LogP contribution in [0.3, 0.4) is 0 Å². The molecule has 3 aromatic rings. The molecule has 0 saturated carbocycles. The summed E-state index contributed by atoms with van der Waals surface area (Å²) in [5.74, 6) is 1.42. The van der Waals surface area contributed by atoms with Gasteiger partial charge in [0.05, 0.1) is 12.0 Å². The van der Waals surface area contributed by atoms with Gasteiger partial charge < -0.3 is 14.6 Å². The first-order chi connectivity index (χ1) is 12.2. The van der Waals surface area contributed by atoms with Crippen molar-refractivity contribution in [2.24, 2.45) is 5.92 Å². The molecule has 2 aromatic heterocycles. The summed E-state index contributed by atoms with van der Waals surface area (Å²) in [5, 5.41) is 6.58. The van der Waals surface area contributed by atoms with Gasteiger partial charge in [-0.15, -0.1) is 11.3 Å². The standard InChI is InChI=1S/C19H24N4OS/c1-15-3-5-18(6-4-15)24-12-19-22-17(13-25-19)10-21-9-16(2)11-23-8-7-20-14-23/h3-8,13-14,16,21H,9-12H2,1-2H3/t16-/m1/s1. The van der Waals surface area contributed by atoms with Crippen LogP contribution < -0.4 is 10.1 Å². The van der Waals surface area contributed by atoms with Gasteiger partial charge >= 0.3 is 0 Å². The van der Waals surface area contributed by atoms with Gasteiger partial charge in [0.15, 0.2) is 0 Å². The minimum atomic E-state index is 0.519. The van der Waals surface area contributed by atoms with E-state index in [-0.39, 0.29) is 0 Å². The molecule has 5 nitrogen and oxygen atoms in total. The van der Waals surface area contributed by atoms with Gasteiger partial charge in [-0.05, 0) is 31.5 Å². The molecule has 0 saturated heterocycles. The fourth-order valence-electron chi connectivity index (χ4n) is 2.54. The van der Waals surface area contributed by atoms with Gasteiger partial charge in [0.25, 0.3) is 0 Å². The lowest BCUT2D eigenvalue weighted by Gasteiger charge is -2.12. The topological polar surface area (TPSA) is 52.0 Å². The lowest BCUT2D eigenvalue weighted by molar-refractivity contribution is 0.305. The Morgan fingerprint density at radius 2 is 2.12 bits per heavy atom. The Bertz CT molecular complexity index is 752. The zero-order valence-electron chi connectivity index (χ0n) is 14.7.